The Kier molecular flexibility index (Phi) is 6.09. The van der Waals surface area contributed by atoms with Gasteiger partial charge in [-0.3, -0.25) is 4.79 Å². The van der Waals surface area contributed by atoms with Crippen molar-refractivity contribution in [3.63, 3.8) is 0 Å². The number of alkyl halides is 3. The number of hydrogen-bond donors (Lipinski definition) is 1. The van der Waals surface area contributed by atoms with Crippen LogP contribution in [0.15, 0.2) is 73.1 Å². The molecule has 1 aliphatic rings. The van der Waals surface area contributed by atoms with Gasteiger partial charge in [0.25, 0.3) is 5.91 Å². The fourth-order valence-corrected chi connectivity index (χ4v) is 3.97. The minimum atomic E-state index is -4.77. The molecular formula is C26H21F3N4O3. The molecule has 0 bridgehead atoms. The Morgan fingerprint density at radius 2 is 1.69 bits per heavy atom. The quantitative estimate of drug-likeness (QED) is 0.325. The number of benzene rings is 2. The fourth-order valence-electron chi connectivity index (χ4n) is 3.97. The second kappa shape index (κ2) is 9.37. The van der Waals surface area contributed by atoms with Crippen LogP contribution in [0.2, 0.25) is 0 Å². The van der Waals surface area contributed by atoms with Crippen LogP contribution in [0.4, 0.5) is 19.0 Å². The summed E-state index contributed by atoms with van der Waals surface area (Å²) in [7, 11) is 0. The first kappa shape index (κ1) is 23.4. The maximum absolute atomic E-state index is 12.6. The number of anilines is 1. The zero-order chi connectivity index (χ0) is 25.3. The number of ether oxygens (including phenoxy) is 1. The van der Waals surface area contributed by atoms with Crippen molar-refractivity contribution >= 4 is 22.5 Å². The lowest BCUT2D eigenvalue weighted by Crippen LogP contribution is -2.29. The van der Waals surface area contributed by atoms with Crippen molar-refractivity contribution in [2.45, 2.75) is 31.7 Å². The van der Waals surface area contributed by atoms with E-state index in [1.807, 2.05) is 24.3 Å². The topological polar surface area (TPSA) is 90.6 Å². The van der Waals surface area contributed by atoms with Crippen LogP contribution in [0.25, 0.3) is 10.8 Å². The van der Waals surface area contributed by atoms with Gasteiger partial charge in [0.05, 0.1) is 12.7 Å². The molecule has 0 radical (unpaired) electrons. The number of aromatic nitrogens is 2. The molecule has 184 valence electrons. The third kappa shape index (κ3) is 5.32. The lowest BCUT2D eigenvalue weighted by Gasteiger charge is -2.26. The Labute approximate surface area is 204 Å². The number of nitrogens with zero attached hydrogens (tertiary/aromatic N) is 3. The van der Waals surface area contributed by atoms with Gasteiger partial charge in [-0.1, -0.05) is 36.4 Å². The minimum absolute atomic E-state index is 0.0941. The smallest absolute Gasteiger partial charge is 0.406 e. The predicted octanol–water partition coefficient (Wildman–Crippen LogP) is 5.51. The first-order chi connectivity index (χ1) is 17.3. The molecule has 36 heavy (non-hydrogen) atoms. The van der Waals surface area contributed by atoms with Gasteiger partial charge >= 0.3 is 6.36 Å². The zero-order valence-electron chi connectivity index (χ0n) is 18.9. The van der Waals surface area contributed by atoms with E-state index >= 15 is 0 Å². The van der Waals surface area contributed by atoms with Gasteiger partial charge in [-0.05, 0) is 54.0 Å². The Morgan fingerprint density at radius 3 is 2.33 bits per heavy atom. The Morgan fingerprint density at radius 1 is 0.972 bits per heavy atom. The second-order valence-electron chi connectivity index (χ2n) is 8.42. The van der Waals surface area contributed by atoms with E-state index in [1.165, 1.54) is 36.5 Å². The van der Waals surface area contributed by atoms with Crippen LogP contribution in [0.5, 0.6) is 11.5 Å². The van der Waals surface area contributed by atoms with E-state index in [4.69, 9.17) is 15.6 Å². The number of hydrogen-bond acceptors (Lipinski definition) is 6. The summed E-state index contributed by atoms with van der Waals surface area (Å²) in [6, 6.07) is 16.5. The van der Waals surface area contributed by atoms with Gasteiger partial charge in [0.15, 0.2) is 11.6 Å². The average Bonchev–Trinajstić information content (AvgIpc) is 3.69. The van der Waals surface area contributed by atoms with Gasteiger partial charge in [-0.15, -0.1) is 13.2 Å². The molecule has 2 heterocycles. The summed E-state index contributed by atoms with van der Waals surface area (Å²) in [5.74, 6) is 0.293. The van der Waals surface area contributed by atoms with Crippen LogP contribution in [0.3, 0.4) is 0 Å². The van der Waals surface area contributed by atoms with Gasteiger partial charge in [0, 0.05) is 17.1 Å². The molecule has 0 unspecified atom stereocenters. The highest BCUT2D eigenvalue weighted by molar-refractivity contribution is 5.91. The Bertz CT molecular complexity index is 1390. The van der Waals surface area contributed by atoms with Gasteiger partial charge in [0.1, 0.15) is 11.4 Å². The summed E-state index contributed by atoms with van der Waals surface area (Å²) in [6.45, 7) is 0.176. The van der Waals surface area contributed by atoms with Gasteiger partial charge in [-0.2, -0.15) is 5.06 Å². The highest BCUT2D eigenvalue weighted by Gasteiger charge is 2.32. The number of pyridine rings is 2. The van der Waals surface area contributed by atoms with Crippen molar-refractivity contribution in [1.29, 1.82) is 0 Å². The van der Waals surface area contributed by atoms with Gasteiger partial charge in [0.2, 0.25) is 0 Å². The van der Waals surface area contributed by atoms with Crippen molar-refractivity contribution in [2.75, 3.05) is 5.06 Å². The molecule has 0 saturated heterocycles. The summed E-state index contributed by atoms with van der Waals surface area (Å²) in [5, 5.41) is 3.65. The van der Waals surface area contributed by atoms with Crippen molar-refractivity contribution in [2.24, 2.45) is 5.73 Å². The molecule has 2 N–H and O–H groups in total. The maximum atomic E-state index is 12.6. The summed E-state index contributed by atoms with van der Waals surface area (Å²) >= 11 is 0. The Hall–Kier alpha value is -4.34. The van der Waals surface area contributed by atoms with Crippen molar-refractivity contribution in [3.8, 4) is 11.5 Å². The molecule has 4 aromatic rings. The molecule has 2 aromatic heterocycles. The van der Waals surface area contributed by atoms with E-state index < -0.39 is 12.3 Å². The first-order valence-electron chi connectivity index (χ1n) is 11.2. The maximum Gasteiger partial charge on any atom is 0.573 e. The third-order valence-corrected chi connectivity index (χ3v) is 5.73. The van der Waals surface area contributed by atoms with Crippen LogP contribution < -0.4 is 20.4 Å². The summed E-state index contributed by atoms with van der Waals surface area (Å²) < 4.78 is 41.6. The monoisotopic (exact) mass is 494 g/mol. The molecular weight excluding hydrogens is 473 g/mol. The lowest BCUT2D eigenvalue weighted by molar-refractivity contribution is -0.274. The second-order valence-corrected chi connectivity index (χ2v) is 8.42. The van der Waals surface area contributed by atoms with Crippen LogP contribution in [-0.2, 0) is 6.54 Å². The van der Waals surface area contributed by atoms with Crippen LogP contribution in [0, 0.1) is 0 Å². The number of rotatable bonds is 8. The highest BCUT2D eigenvalue weighted by atomic mass is 19.4. The molecule has 2 aromatic carbocycles. The van der Waals surface area contributed by atoms with E-state index in [9.17, 15) is 18.0 Å². The zero-order valence-corrected chi connectivity index (χ0v) is 18.9. The van der Waals surface area contributed by atoms with E-state index in [1.54, 1.807) is 17.3 Å². The Balaban J connectivity index is 1.51. The number of carbonyl (C=O) groups is 1. The normalized spacial score (nSPS) is 13.4. The fraction of sp³-hybridized carbons (Fsp3) is 0.192. The number of carbonyl (C=O) groups excluding carboxylic acids is 1. The number of halogens is 3. The van der Waals surface area contributed by atoms with Gasteiger partial charge < -0.3 is 15.3 Å². The molecule has 0 aliphatic heterocycles. The standard InChI is InChI=1S/C26H21F3N4O3/c27-26(28,29)35-19-9-5-16(6-10-19)15-33(36-20-11-12-22(24(30)34)31-14-20)25-23(17-7-8-17)21-4-2-1-3-18(21)13-32-25/h1-6,9-14,17H,7-8,15H2,(H2,30,34). The first-order valence-corrected chi connectivity index (χ1v) is 11.2. The number of primary amides is 1. The van der Waals surface area contributed by atoms with Crippen LogP contribution >= 0.6 is 0 Å². The van der Waals surface area contributed by atoms with E-state index in [0.29, 0.717) is 23.0 Å². The number of fused-ring (bicyclic) bond motifs is 1. The third-order valence-electron chi connectivity index (χ3n) is 5.73. The highest BCUT2D eigenvalue weighted by Crippen LogP contribution is 2.47. The summed E-state index contributed by atoms with van der Waals surface area (Å²) in [5.41, 5.74) is 7.09. The summed E-state index contributed by atoms with van der Waals surface area (Å²) in [6.07, 6.45) is 0.422. The van der Waals surface area contributed by atoms with E-state index in [2.05, 4.69) is 9.72 Å². The molecule has 1 amide bonds. The number of amides is 1. The molecule has 0 atom stereocenters. The molecule has 1 aliphatic carbocycles. The number of nitrogens with two attached hydrogens (primary N) is 1. The lowest BCUT2D eigenvalue weighted by atomic mass is 10.0. The van der Waals surface area contributed by atoms with E-state index in [-0.39, 0.29) is 18.0 Å². The minimum Gasteiger partial charge on any atom is -0.406 e. The van der Waals surface area contributed by atoms with Gasteiger partial charge in [-0.25, -0.2) is 9.97 Å². The molecule has 7 nitrogen and oxygen atoms in total. The summed E-state index contributed by atoms with van der Waals surface area (Å²) in [4.78, 5) is 26.3. The average molecular weight is 494 g/mol. The molecule has 0 spiro atoms. The molecule has 1 fully saturated rings. The van der Waals surface area contributed by atoms with Crippen molar-refractivity contribution in [1.82, 2.24) is 9.97 Å². The van der Waals surface area contributed by atoms with Crippen LogP contribution in [-0.4, -0.2) is 22.2 Å². The largest absolute Gasteiger partial charge is 0.573 e. The van der Waals surface area contributed by atoms with E-state index in [0.717, 1.165) is 29.2 Å². The number of hydroxylamine groups is 1. The molecule has 1 saturated carbocycles. The van der Waals surface area contributed by atoms with Crippen LogP contribution in [0.1, 0.15) is 40.4 Å². The molecule has 5 rings (SSSR count). The van der Waals surface area contributed by atoms with Crippen molar-refractivity contribution in [3.05, 3.63) is 89.9 Å². The van der Waals surface area contributed by atoms with Crippen molar-refractivity contribution < 1.29 is 27.5 Å². The molecule has 10 heteroatoms. The SMILES string of the molecule is NC(=O)c1ccc(ON(Cc2ccc(OC(F)(F)F)cc2)c2ncc3ccccc3c2C2CC2)cn1. The predicted molar refractivity (Wildman–Crippen MR) is 126 cm³/mol.